The number of fused-ring (bicyclic) bond motifs is 1. The highest BCUT2D eigenvalue weighted by molar-refractivity contribution is 7.92. The second-order valence-electron chi connectivity index (χ2n) is 14.2. The number of aryl methyl sites for hydroxylation is 3. The van der Waals surface area contributed by atoms with E-state index in [0.29, 0.717) is 33.7 Å². The molecule has 0 aliphatic rings. The second-order valence-corrected chi connectivity index (χ2v) is 17.6. The van der Waals surface area contributed by atoms with Crippen molar-refractivity contribution in [1.82, 2.24) is 15.3 Å². The molecule has 5 rings (SSSR count). The number of ether oxygens (including phenoxy) is 1. The van der Waals surface area contributed by atoms with Crippen LogP contribution in [0.2, 0.25) is 5.02 Å². The topological polar surface area (TPSA) is 97.6 Å². The summed E-state index contributed by atoms with van der Waals surface area (Å²) in [5.74, 6) is 1.91. The average Bonchev–Trinajstić information content (AvgIpc) is 3.39. The third kappa shape index (κ3) is 7.43. The Morgan fingerprint density at radius 3 is 2.31 bits per heavy atom. The first kappa shape index (κ1) is 37.8. The van der Waals surface area contributed by atoms with E-state index in [2.05, 4.69) is 10.3 Å². The molecule has 278 valence electrons. The van der Waals surface area contributed by atoms with Crippen molar-refractivity contribution in [2.24, 2.45) is 0 Å². The lowest BCUT2D eigenvalue weighted by Gasteiger charge is -2.26. The van der Waals surface area contributed by atoms with Crippen molar-refractivity contribution in [2.45, 2.75) is 99.3 Å². The molecular weight excluding hydrogens is 699 g/mol. The van der Waals surface area contributed by atoms with Crippen molar-refractivity contribution >= 4 is 43.8 Å². The van der Waals surface area contributed by atoms with Gasteiger partial charge in [-0.25, -0.2) is 22.8 Å². The van der Waals surface area contributed by atoms with Crippen LogP contribution in [0.5, 0.6) is 5.75 Å². The summed E-state index contributed by atoms with van der Waals surface area (Å²) in [6.45, 7) is 21.0. The summed E-state index contributed by atoms with van der Waals surface area (Å²) in [4.78, 5) is 11.3. The van der Waals surface area contributed by atoms with E-state index in [9.17, 15) is 12.8 Å². The zero-order valence-electron chi connectivity index (χ0n) is 33.2. The first-order valence-corrected chi connectivity index (χ1v) is 19.5. The average molecular weight is 750 g/mol. The van der Waals surface area contributed by atoms with Crippen LogP contribution in [-0.4, -0.2) is 42.5 Å². The lowest BCUT2D eigenvalue weighted by Crippen LogP contribution is -2.36. The fraction of sp³-hybridized carbons (Fsp3) is 0.415. The number of rotatable bonds is 12. The maximum absolute atomic E-state index is 14.2. The van der Waals surface area contributed by atoms with Crippen molar-refractivity contribution in [2.75, 3.05) is 18.5 Å². The van der Waals surface area contributed by atoms with Crippen LogP contribution >= 0.6 is 11.6 Å². The Balaban J connectivity index is 1.51. The van der Waals surface area contributed by atoms with Crippen molar-refractivity contribution in [1.29, 1.82) is 0 Å². The second kappa shape index (κ2) is 15.2. The lowest BCUT2D eigenvalue weighted by atomic mass is 9.95. The van der Waals surface area contributed by atoms with Gasteiger partial charge in [-0.3, -0.25) is 0 Å². The molecule has 3 aromatic carbocycles. The van der Waals surface area contributed by atoms with E-state index in [1.807, 2.05) is 79.5 Å². The van der Waals surface area contributed by atoms with E-state index in [1.165, 1.54) is 18.5 Å². The Labute approximate surface area is 314 Å². The molecule has 11 heteroatoms. The van der Waals surface area contributed by atoms with Gasteiger partial charge in [-0.05, 0) is 151 Å². The smallest absolute Gasteiger partial charge is 0.156 e. The van der Waals surface area contributed by atoms with E-state index in [0.717, 1.165) is 61.1 Å². The van der Waals surface area contributed by atoms with Gasteiger partial charge in [0.15, 0.2) is 9.84 Å². The Morgan fingerprint density at radius 2 is 1.63 bits per heavy atom. The summed E-state index contributed by atoms with van der Waals surface area (Å²) in [6, 6.07) is 6.79. The molecule has 52 heavy (non-hydrogen) atoms. The van der Waals surface area contributed by atoms with Crippen LogP contribution in [0.4, 0.5) is 15.9 Å². The number of hydrogen-bond donors (Lipinski definition) is 1. The highest BCUT2D eigenvalue weighted by atomic mass is 35.5. The molecule has 5 aromatic rings. The first-order valence-electron chi connectivity index (χ1n) is 18.0. The van der Waals surface area contributed by atoms with E-state index >= 15 is 0 Å². The molecule has 0 saturated heterocycles. The maximum Gasteiger partial charge on any atom is 0.156 e. The fourth-order valence-corrected chi connectivity index (χ4v) is 8.36. The molecule has 0 spiro atoms. The Kier molecular flexibility index (Phi) is 11.0. The monoisotopic (exact) mass is 749 g/mol. The third-order valence-corrected chi connectivity index (χ3v) is 13.2. The number of aromatic nitrogens is 2. The number of anilines is 2. The van der Waals surface area contributed by atoms with Crippen LogP contribution in [0, 0.1) is 54.3 Å². The molecule has 2 aromatic heterocycles. The SMILES string of the molecule is [2H]c1c(-c2c(C)cc3ncnc(N(C)c4cc(Cl)c(OCc5cc(F)cc(C)c5C)c(C)c4C)c3c2C)oc(C(C)NCC(C)S(=O)(=O)C(C)C)c1C. The summed E-state index contributed by atoms with van der Waals surface area (Å²) in [5, 5.41) is 3.50. The van der Waals surface area contributed by atoms with E-state index in [1.54, 1.807) is 20.8 Å². The van der Waals surface area contributed by atoms with E-state index < -0.39 is 20.3 Å². The van der Waals surface area contributed by atoms with Gasteiger partial charge in [0.1, 0.15) is 41.8 Å². The van der Waals surface area contributed by atoms with Gasteiger partial charge in [-0.1, -0.05) is 11.6 Å². The molecule has 0 saturated carbocycles. The molecule has 0 radical (unpaired) electrons. The standard InChI is InChI=1S/C41H50ClFN4O4S/c1-21(2)52(48,49)25(6)18-44-30(11)39-24(5)15-36(51-39)37-23(4)14-34-38(29(37)10)41(46-20-45-34)47(12)35-17-33(42)40(28(9)27(35)8)50-19-31-16-32(43)13-22(3)26(31)7/h13-17,20-21,25,30,44H,18-19H2,1-12H3/i15D. The normalized spacial score (nSPS) is 13.5. The third-order valence-electron chi connectivity index (χ3n) is 10.3. The molecule has 0 aliphatic carbocycles. The van der Waals surface area contributed by atoms with Gasteiger partial charge in [0.25, 0.3) is 0 Å². The zero-order chi connectivity index (χ0) is 39.3. The molecule has 0 fully saturated rings. The van der Waals surface area contributed by atoms with Crippen LogP contribution in [0.3, 0.4) is 0 Å². The molecule has 2 atom stereocenters. The number of nitrogens with one attached hydrogen (secondary N) is 1. The van der Waals surface area contributed by atoms with Crippen LogP contribution in [-0.2, 0) is 16.4 Å². The Bertz CT molecular complexity index is 2330. The molecule has 2 unspecified atom stereocenters. The maximum atomic E-state index is 14.2. The van der Waals surface area contributed by atoms with Crippen LogP contribution < -0.4 is 15.0 Å². The molecule has 2 heterocycles. The van der Waals surface area contributed by atoms with Gasteiger partial charge in [0, 0.05) is 30.2 Å². The van der Waals surface area contributed by atoms with Gasteiger partial charge in [-0.15, -0.1) is 0 Å². The number of sulfone groups is 1. The van der Waals surface area contributed by atoms with E-state index in [4.69, 9.17) is 27.1 Å². The molecule has 1 N–H and O–H groups in total. The predicted octanol–water partition coefficient (Wildman–Crippen LogP) is 10.1. The van der Waals surface area contributed by atoms with Gasteiger partial charge in [-0.2, -0.15) is 0 Å². The largest absolute Gasteiger partial charge is 0.487 e. The van der Waals surface area contributed by atoms with Crippen LogP contribution in [0.1, 0.15) is 85.4 Å². The van der Waals surface area contributed by atoms with Crippen LogP contribution in [0.15, 0.2) is 41.1 Å². The number of benzene rings is 3. The fourth-order valence-electron chi connectivity index (χ4n) is 6.81. The highest BCUT2D eigenvalue weighted by Gasteiger charge is 2.27. The van der Waals surface area contributed by atoms with E-state index in [-0.39, 0.29) is 31.1 Å². The number of hydrogen-bond acceptors (Lipinski definition) is 8. The van der Waals surface area contributed by atoms with Crippen molar-refractivity contribution in [3.05, 3.63) is 97.7 Å². The molecule has 0 amide bonds. The molecule has 0 aliphatic heterocycles. The minimum absolute atomic E-state index is 0.178. The number of nitrogens with zero attached hydrogens (tertiary/aromatic N) is 3. The van der Waals surface area contributed by atoms with Crippen LogP contribution in [0.25, 0.3) is 22.2 Å². The summed E-state index contributed by atoms with van der Waals surface area (Å²) < 4.78 is 61.4. The van der Waals surface area contributed by atoms with Crippen molar-refractivity contribution in [3.63, 3.8) is 0 Å². The zero-order valence-corrected chi connectivity index (χ0v) is 33.7. The van der Waals surface area contributed by atoms with Gasteiger partial charge < -0.3 is 19.4 Å². The minimum Gasteiger partial charge on any atom is -0.487 e. The van der Waals surface area contributed by atoms with Gasteiger partial charge in [0.2, 0.25) is 0 Å². The quantitative estimate of drug-likeness (QED) is 0.135. The Morgan fingerprint density at radius 1 is 0.942 bits per heavy atom. The first-order chi connectivity index (χ1) is 24.8. The number of furan rings is 1. The number of halogens is 2. The molecular formula is C41H50ClFN4O4S. The van der Waals surface area contributed by atoms with Crippen molar-refractivity contribution < 1.29 is 23.3 Å². The molecule has 0 bridgehead atoms. The summed E-state index contributed by atoms with van der Waals surface area (Å²) >= 11 is 6.89. The summed E-state index contributed by atoms with van der Waals surface area (Å²) in [7, 11) is -1.34. The van der Waals surface area contributed by atoms with Gasteiger partial charge in [0.05, 0.1) is 28.5 Å². The molecule has 8 nitrogen and oxygen atoms in total. The lowest BCUT2D eigenvalue weighted by molar-refractivity contribution is 0.302. The summed E-state index contributed by atoms with van der Waals surface area (Å²) in [5.41, 5.74) is 9.18. The van der Waals surface area contributed by atoms with Crippen molar-refractivity contribution in [3.8, 4) is 17.1 Å². The van der Waals surface area contributed by atoms with Gasteiger partial charge >= 0.3 is 0 Å². The predicted molar refractivity (Wildman–Crippen MR) is 211 cm³/mol. The highest BCUT2D eigenvalue weighted by Crippen LogP contribution is 2.43. The summed E-state index contributed by atoms with van der Waals surface area (Å²) in [6.07, 6.45) is 1.54. The Hall–Kier alpha value is -3.99. The minimum atomic E-state index is -3.27.